The topological polar surface area (TPSA) is 64.7 Å². The Morgan fingerprint density at radius 1 is 1.31 bits per heavy atom. The number of nitrogens with two attached hydrogens (primary N) is 1. The molecule has 4 heteroatoms. The number of rotatable bonds is 5. The van der Waals surface area contributed by atoms with E-state index in [4.69, 9.17) is 15.2 Å². The van der Waals surface area contributed by atoms with Crippen molar-refractivity contribution in [3.05, 3.63) is 23.8 Å². The fourth-order valence-electron chi connectivity index (χ4n) is 1.24. The molecule has 0 aromatic heterocycles. The van der Waals surface area contributed by atoms with Crippen molar-refractivity contribution in [1.29, 1.82) is 0 Å². The van der Waals surface area contributed by atoms with Crippen molar-refractivity contribution in [2.24, 2.45) is 5.73 Å². The third-order valence-electron chi connectivity index (χ3n) is 2.46. The summed E-state index contributed by atoms with van der Waals surface area (Å²) in [5.41, 5.74) is 6.52. The van der Waals surface area contributed by atoms with Gasteiger partial charge in [0.15, 0.2) is 11.5 Å². The molecule has 1 aromatic rings. The molecule has 0 amide bonds. The summed E-state index contributed by atoms with van der Waals surface area (Å²) in [6, 6.07) is 5.53. The van der Waals surface area contributed by atoms with Crippen LogP contribution in [-0.4, -0.2) is 24.4 Å². The number of hydrogen-bond acceptors (Lipinski definition) is 4. The van der Waals surface area contributed by atoms with Crippen molar-refractivity contribution in [3.8, 4) is 11.5 Å². The van der Waals surface area contributed by atoms with Crippen molar-refractivity contribution in [2.75, 3.05) is 7.11 Å². The molecular formula is C12H19NO3. The third-order valence-corrected chi connectivity index (χ3v) is 2.46. The second kappa shape index (κ2) is 5.72. The molecule has 0 aliphatic carbocycles. The lowest BCUT2D eigenvalue weighted by Gasteiger charge is -2.19. The lowest BCUT2D eigenvalue weighted by Crippen LogP contribution is -2.25. The number of hydrogen-bond donors (Lipinski definition) is 2. The zero-order valence-electron chi connectivity index (χ0n) is 9.93. The second-order valence-corrected chi connectivity index (χ2v) is 3.75. The highest BCUT2D eigenvalue weighted by molar-refractivity contribution is 5.43. The average Bonchev–Trinajstić information content (AvgIpc) is 2.28. The van der Waals surface area contributed by atoms with Gasteiger partial charge in [0.25, 0.3) is 0 Å². The molecule has 0 aliphatic heterocycles. The molecule has 16 heavy (non-hydrogen) atoms. The number of methoxy groups -OCH3 is 1. The van der Waals surface area contributed by atoms with Gasteiger partial charge in [-0.05, 0) is 31.5 Å². The maximum Gasteiger partial charge on any atom is 0.162 e. The zero-order chi connectivity index (χ0) is 12.1. The van der Waals surface area contributed by atoms with Crippen LogP contribution in [0.3, 0.4) is 0 Å². The minimum atomic E-state index is -0.536. The molecule has 2 atom stereocenters. The van der Waals surface area contributed by atoms with E-state index >= 15 is 0 Å². The van der Waals surface area contributed by atoms with Crippen LogP contribution in [0.5, 0.6) is 11.5 Å². The largest absolute Gasteiger partial charge is 0.493 e. The molecule has 0 saturated carbocycles. The van der Waals surface area contributed by atoms with Crippen LogP contribution in [0, 0.1) is 0 Å². The van der Waals surface area contributed by atoms with E-state index in [1.165, 1.54) is 0 Å². The van der Waals surface area contributed by atoms with Gasteiger partial charge < -0.3 is 20.3 Å². The predicted octanol–water partition coefficient (Wildman–Crippen LogP) is 1.30. The number of aliphatic hydroxyl groups excluding tert-OH is 1. The molecule has 0 saturated heterocycles. The average molecular weight is 225 g/mol. The Bertz CT molecular complexity index is 339. The smallest absolute Gasteiger partial charge is 0.162 e. The molecule has 1 aromatic carbocycles. The fourth-order valence-corrected chi connectivity index (χ4v) is 1.24. The Hall–Kier alpha value is -1.26. The van der Waals surface area contributed by atoms with Crippen LogP contribution in [0.25, 0.3) is 0 Å². The minimum Gasteiger partial charge on any atom is -0.493 e. The first kappa shape index (κ1) is 12.8. The fraction of sp³-hybridized carbons (Fsp3) is 0.500. The van der Waals surface area contributed by atoms with Crippen molar-refractivity contribution < 1.29 is 14.6 Å². The summed E-state index contributed by atoms with van der Waals surface area (Å²) >= 11 is 0. The van der Waals surface area contributed by atoms with Gasteiger partial charge in [-0.25, -0.2) is 0 Å². The van der Waals surface area contributed by atoms with Gasteiger partial charge in [0.2, 0.25) is 0 Å². The van der Waals surface area contributed by atoms with Crippen LogP contribution in [-0.2, 0) is 6.54 Å². The van der Waals surface area contributed by atoms with Crippen molar-refractivity contribution in [1.82, 2.24) is 0 Å². The standard InChI is InChI=1S/C12H19NO3/c1-8(14)9(2)16-12-6-10(7-13)4-5-11(12)15-3/h4-6,8-9,14H,7,13H2,1-3H3. The Balaban J connectivity index is 2.91. The van der Waals surface area contributed by atoms with E-state index in [0.717, 1.165) is 5.56 Å². The van der Waals surface area contributed by atoms with Gasteiger partial charge in [-0.3, -0.25) is 0 Å². The van der Waals surface area contributed by atoms with Crippen LogP contribution in [0.2, 0.25) is 0 Å². The summed E-state index contributed by atoms with van der Waals surface area (Å²) in [7, 11) is 1.58. The van der Waals surface area contributed by atoms with Crippen LogP contribution in [0.15, 0.2) is 18.2 Å². The molecule has 4 nitrogen and oxygen atoms in total. The lowest BCUT2D eigenvalue weighted by molar-refractivity contribution is 0.0586. The highest BCUT2D eigenvalue weighted by Gasteiger charge is 2.13. The summed E-state index contributed by atoms with van der Waals surface area (Å²) in [6.45, 7) is 3.94. The number of benzene rings is 1. The quantitative estimate of drug-likeness (QED) is 0.792. The normalized spacial score (nSPS) is 14.3. The Labute approximate surface area is 96.0 Å². The van der Waals surface area contributed by atoms with Crippen LogP contribution < -0.4 is 15.2 Å². The van der Waals surface area contributed by atoms with Gasteiger partial charge in [0.1, 0.15) is 6.10 Å². The van der Waals surface area contributed by atoms with Crippen molar-refractivity contribution in [3.63, 3.8) is 0 Å². The molecule has 0 fully saturated rings. The summed E-state index contributed by atoms with van der Waals surface area (Å²) in [5.74, 6) is 1.25. The van der Waals surface area contributed by atoms with E-state index in [9.17, 15) is 5.11 Å². The van der Waals surface area contributed by atoms with Crippen molar-refractivity contribution >= 4 is 0 Å². The maximum atomic E-state index is 9.38. The number of aliphatic hydroxyl groups is 1. The van der Waals surface area contributed by atoms with E-state index in [0.29, 0.717) is 18.0 Å². The molecule has 0 spiro atoms. The molecule has 2 unspecified atom stereocenters. The molecule has 0 bridgehead atoms. The molecule has 3 N–H and O–H groups in total. The predicted molar refractivity (Wildman–Crippen MR) is 62.7 cm³/mol. The van der Waals surface area contributed by atoms with E-state index in [-0.39, 0.29) is 6.10 Å². The summed E-state index contributed by atoms with van der Waals surface area (Å²) in [4.78, 5) is 0. The van der Waals surface area contributed by atoms with Gasteiger partial charge >= 0.3 is 0 Å². The zero-order valence-corrected chi connectivity index (χ0v) is 9.93. The van der Waals surface area contributed by atoms with E-state index in [2.05, 4.69) is 0 Å². The molecule has 0 radical (unpaired) electrons. The van der Waals surface area contributed by atoms with E-state index < -0.39 is 6.10 Å². The highest BCUT2D eigenvalue weighted by atomic mass is 16.5. The molecular weight excluding hydrogens is 206 g/mol. The van der Waals surface area contributed by atoms with Gasteiger partial charge in [-0.2, -0.15) is 0 Å². The van der Waals surface area contributed by atoms with Gasteiger partial charge in [0, 0.05) is 6.54 Å². The van der Waals surface area contributed by atoms with Gasteiger partial charge in [-0.15, -0.1) is 0 Å². The highest BCUT2D eigenvalue weighted by Crippen LogP contribution is 2.29. The van der Waals surface area contributed by atoms with Gasteiger partial charge in [0.05, 0.1) is 13.2 Å². The molecule has 90 valence electrons. The minimum absolute atomic E-state index is 0.290. The maximum absolute atomic E-state index is 9.38. The summed E-state index contributed by atoms with van der Waals surface area (Å²) in [5, 5.41) is 9.38. The molecule has 1 rings (SSSR count). The monoisotopic (exact) mass is 225 g/mol. The SMILES string of the molecule is COc1ccc(CN)cc1OC(C)C(C)O. The van der Waals surface area contributed by atoms with Crippen LogP contribution in [0.4, 0.5) is 0 Å². The van der Waals surface area contributed by atoms with Crippen LogP contribution >= 0.6 is 0 Å². The second-order valence-electron chi connectivity index (χ2n) is 3.75. The van der Waals surface area contributed by atoms with Gasteiger partial charge in [-0.1, -0.05) is 6.07 Å². The summed E-state index contributed by atoms with van der Waals surface area (Å²) in [6.07, 6.45) is -0.826. The lowest BCUT2D eigenvalue weighted by atomic mass is 10.2. The Morgan fingerprint density at radius 2 is 2.00 bits per heavy atom. The number of ether oxygens (including phenoxy) is 2. The summed E-state index contributed by atoms with van der Waals surface area (Å²) < 4.78 is 10.8. The Morgan fingerprint density at radius 3 is 2.50 bits per heavy atom. The Kier molecular flexibility index (Phi) is 4.58. The molecule has 0 aliphatic rings. The first-order valence-corrected chi connectivity index (χ1v) is 5.30. The van der Waals surface area contributed by atoms with E-state index in [1.807, 2.05) is 18.2 Å². The van der Waals surface area contributed by atoms with Crippen molar-refractivity contribution in [2.45, 2.75) is 32.6 Å². The van der Waals surface area contributed by atoms with Crippen LogP contribution in [0.1, 0.15) is 19.4 Å². The first-order valence-electron chi connectivity index (χ1n) is 5.30. The third kappa shape index (κ3) is 3.12. The van der Waals surface area contributed by atoms with E-state index in [1.54, 1.807) is 21.0 Å². The first-order chi connectivity index (χ1) is 7.58. The molecule has 0 heterocycles.